The minimum atomic E-state index is 0.813. The molecule has 4 rings (SSSR count). The summed E-state index contributed by atoms with van der Waals surface area (Å²) in [6.45, 7) is 2.41. The second-order valence-electron chi connectivity index (χ2n) is 6.79. The second-order valence-corrected chi connectivity index (χ2v) is 6.79. The maximum Gasteiger partial charge on any atom is 0.0610 e. The highest BCUT2D eigenvalue weighted by Gasteiger charge is 2.34. The van der Waals surface area contributed by atoms with Crippen LogP contribution in [0.25, 0.3) is 0 Å². The van der Waals surface area contributed by atoms with Gasteiger partial charge in [-0.3, -0.25) is 0 Å². The molecule has 1 aliphatic carbocycles. The first kappa shape index (κ1) is 12.6. The third kappa shape index (κ3) is 2.10. The van der Waals surface area contributed by atoms with E-state index < -0.39 is 0 Å². The number of hydrogen-bond donors (Lipinski definition) is 1. The molecule has 0 bridgehead atoms. The maximum atomic E-state index is 3.68. The lowest BCUT2D eigenvalue weighted by molar-refractivity contribution is 0.431. The van der Waals surface area contributed by atoms with Crippen molar-refractivity contribution in [1.29, 1.82) is 0 Å². The van der Waals surface area contributed by atoms with Crippen LogP contribution in [0.3, 0.4) is 0 Å². The summed E-state index contributed by atoms with van der Waals surface area (Å²) in [6, 6.07) is 7.74. The van der Waals surface area contributed by atoms with Crippen LogP contribution >= 0.6 is 0 Å². The monoisotopic (exact) mass is 270 g/mol. The number of para-hydroxylation sites is 1. The molecule has 0 radical (unpaired) electrons. The predicted octanol–water partition coefficient (Wildman–Crippen LogP) is 4.20. The number of hydrogen-bond acceptors (Lipinski definition) is 2. The molecule has 1 saturated heterocycles. The Morgan fingerprint density at radius 3 is 2.80 bits per heavy atom. The Labute approximate surface area is 122 Å². The SMILES string of the molecule is c1cc2c(c(N3CCCC3C3CCCC3)c1)NCCC2. The summed E-state index contributed by atoms with van der Waals surface area (Å²) in [6.07, 6.45) is 11.2. The number of nitrogens with zero attached hydrogens (tertiary/aromatic N) is 1. The Kier molecular flexibility index (Phi) is 3.33. The first-order chi connectivity index (χ1) is 9.93. The Morgan fingerprint density at radius 1 is 1.00 bits per heavy atom. The van der Waals surface area contributed by atoms with Crippen LogP contribution in [0.1, 0.15) is 50.5 Å². The van der Waals surface area contributed by atoms with Gasteiger partial charge in [0.05, 0.1) is 11.4 Å². The molecule has 1 aromatic carbocycles. The lowest BCUT2D eigenvalue weighted by Gasteiger charge is -2.34. The molecule has 1 aromatic rings. The Hall–Kier alpha value is -1.18. The molecule has 1 atom stereocenters. The minimum Gasteiger partial charge on any atom is -0.383 e. The van der Waals surface area contributed by atoms with Gasteiger partial charge in [0.15, 0.2) is 0 Å². The zero-order valence-corrected chi connectivity index (χ0v) is 12.4. The van der Waals surface area contributed by atoms with Gasteiger partial charge in [0.25, 0.3) is 0 Å². The standard InChI is InChI=1S/C18H26N2/c1-2-7-14(6-1)16-11-5-13-20(16)17-10-3-8-15-9-4-12-19-18(15)17/h3,8,10,14,16,19H,1-2,4-7,9,11-13H2. The molecule has 0 aromatic heterocycles. The first-order valence-electron chi connectivity index (χ1n) is 8.56. The van der Waals surface area contributed by atoms with Crippen LogP contribution in [0.2, 0.25) is 0 Å². The molecule has 2 aliphatic heterocycles. The van der Waals surface area contributed by atoms with Crippen LogP contribution in [0.4, 0.5) is 11.4 Å². The summed E-state index contributed by atoms with van der Waals surface area (Å²) >= 11 is 0. The van der Waals surface area contributed by atoms with Crippen molar-refractivity contribution >= 4 is 11.4 Å². The summed E-state index contributed by atoms with van der Waals surface area (Å²) < 4.78 is 0. The van der Waals surface area contributed by atoms with Crippen molar-refractivity contribution < 1.29 is 0 Å². The highest BCUT2D eigenvalue weighted by atomic mass is 15.2. The lowest BCUT2D eigenvalue weighted by atomic mass is 9.95. The summed E-state index contributed by atoms with van der Waals surface area (Å²) in [7, 11) is 0. The zero-order chi connectivity index (χ0) is 13.4. The molecule has 20 heavy (non-hydrogen) atoms. The fourth-order valence-corrected chi connectivity index (χ4v) is 4.65. The molecule has 0 amide bonds. The minimum absolute atomic E-state index is 0.813. The summed E-state index contributed by atoms with van der Waals surface area (Å²) in [5.74, 6) is 0.956. The van der Waals surface area contributed by atoms with Crippen LogP contribution in [0.15, 0.2) is 18.2 Å². The molecule has 108 valence electrons. The van der Waals surface area contributed by atoms with Gasteiger partial charge in [-0.2, -0.15) is 0 Å². The molecular formula is C18H26N2. The molecule has 2 fully saturated rings. The Bertz CT molecular complexity index is 476. The van der Waals surface area contributed by atoms with Crippen molar-refractivity contribution in [1.82, 2.24) is 0 Å². The summed E-state index contributed by atoms with van der Waals surface area (Å²) in [4.78, 5) is 2.74. The Balaban J connectivity index is 1.65. The van der Waals surface area contributed by atoms with Crippen LogP contribution in [-0.4, -0.2) is 19.1 Å². The summed E-state index contributed by atoms with van der Waals surface area (Å²) in [5.41, 5.74) is 4.48. The van der Waals surface area contributed by atoms with Crippen molar-refractivity contribution in [2.24, 2.45) is 5.92 Å². The summed E-state index contributed by atoms with van der Waals surface area (Å²) in [5, 5.41) is 3.68. The quantitative estimate of drug-likeness (QED) is 0.866. The molecule has 1 saturated carbocycles. The van der Waals surface area contributed by atoms with Gasteiger partial charge in [0.2, 0.25) is 0 Å². The lowest BCUT2D eigenvalue weighted by Crippen LogP contribution is -2.35. The van der Waals surface area contributed by atoms with E-state index >= 15 is 0 Å². The molecule has 2 heteroatoms. The van der Waals surface area contributed by atoms with Crippen molar-refractivity contribution in [3.8, 4) is 0 Å². The van der Waals surface area contributed by atoms with Crippen LogP contribution in [0, 0.1) is 5.92 Å². The number of nitrogens with one attached hydrogen (secondary N) is 1. The van der Waals surface area contributed by atoms with Gasteiger partial charge in [-0.15, -0.1) is 0 Å². The number of aryl methyl sites for hydroxylation is 1. The van der Waals surface area contributed by atoms with E-state index in [1.165, 1.54) is 74.8 Å². The molecule has 2 nitrogen and oxygen atoms in total. The number of anilines is 2. The smallest absolute Gasteiger partial charge is 0.0610 e. The molecule has 1 unspecified atom stereocenters. The fraction of sp³-hybridized carbons (Fsp3) is 0.667. The highest BCUT2D eigenvalue weighted by molar-refractivity contribution is 5.75. The van der Waals surface area contributed by atoms with Gasteiger partial charge >= 0.3 is 0 Å². The van der Waals surface area contributed by atoms with Gasteiger partial charge in [-0.1, -0.05) is 25.0 Å². The molecule has 3 aliphatic rings. The normalized spacial score (nSPS) is 26.6. The molecule has 0 spiro atoms. The van der Waals surface area contributed by atoms with E-state index in [-0.39, 0.29) is 0 Å². The molecule has 1 N–H and O–H groups in total. The molecular weight excluding hydrogens is 244 g/mol. The van der Waals surface area contributed by atoms with Crippen LogP contribution < -0.4 is 10.2 Å². The first-order valence-corrected chi connectivity index (χ1v) is 8.56. The maximum absolute atomic E-state index is 3.68. The topological polar surface area (TPSA) is 15.3 Å². The van der Waals surface area contributed by atoms with Crippen LogP contribution in [0.5, 0.6) is 0 Å². The van der Waals surface area contributed by atoms with Crippen LogP contribution in [-0.2, 0) is 6.42 Å². The van der Waals surface area contributed by atoms with E-state index in [0.717, 1.165) is 18.5 Å². The van der Waals surface area contributed by atoms with Gasteiger partial charge in [-0.05, 0) is 56.1 Å². The third-order valence-corrected chi connectivity index (χ3v) is 5.61. The van der Waals surface area contributed by atoms with Crippen molar-refractivity contribution in [2.45, 2.75) is 57.4 Å². The highest BCUT2D eigenvalue weighted by Crippen LogP contribution is 2.41. The van der Waals surface area contributed by atoms with Crippen molar-refractivity contribution in [2.75, 3.05) is 23.3 Å². The van der Waals surface area contributed by atoms with Gasteiger partial charge in [-0.25, -0.2) is 0 Å². The van der Waals surface area contributed by atoms with Gasteiger partial charge < -0.3 is 10.2 Å². The third-order valence-electron chi connectivity index (χ3n) is 5.61. The number of fused-ring (bicyclic) bond motifs is 1. The van der Waals surface area contributed by atoms with E-state index in [9.17, 15) is 0 Å². The molecule has 2 heterocycles. The van der Waals surface area contributed by atoms with Crippen molar-refractivity contribution in [3.05, 3.63) is 23.8 Å². The van der Waals surface area contributed by atoms with E-state index in [1.54, 1.807) is 0 Å². The van der Waals surface area contributed by atoms with E-state index in [1.807, 2.05) is 0 Å². The number of benzene rings is 1. The van der Waals surface area contributed by atoms with E-state index in [2.05, 4.69) is 28.4 Å². The fourth-order valence-electron chi connectivity index (χ4n) is 4.65. The zero-order valence-electron chi connectivity index (χ0n) is 12.4. The average molecular weight is 270 g/mol. The number of rotatable bonds is 2. The largest absolute Gasteiger partial charge is 0.383 e. The predicted molar refractivity (Wildman–Crippen MR) is 85.6 cm³/mol. The van der Waals surface area contributed by atoms with Gasteiger partial charge in [0, 0.05) is 19.1 Å². The van der Waals surface area contributed by atoms with Crippen molar-refractivity contribution in [3.63, 3.8) is 0 Å². The average Bonchev–Trinajstić information content (AvgIpc) is 3.17. The van der Waals surface area contributed by atoms with Gasteiger partial charge in [0.1, 0.15) is 0 Å². The Morgan fingerprint density at radius 2 is 1.90 bits per heavy atom. The second kappa shape index (κ2) is 5.31. The van der Waals surface area contributed by atoms with E-state index in [0.29, 0.717) is 0 Å². The van der Waals surface area contributed by atoms with E-state index in [4.69, 9.17) is 0 Å².